The van der Waals surface area contributed by atoms with E-state index in [1.54, 1.807) is 21.3 Å². The molecule has 4 heterocycles. The standard InChI is InChI=1S/C25H32N4O8S/c1-30-17-8-14(9-18(31-2)20(17)32-3)16-10-15(37-29-16)11-33-23-22-21(35-25(36-22)6-4-5-7-25)19(34-23)12-38-24-26-13-27-28-24/h8-9,13,15,19,21-23H,4-7,10-12H2,1-3H3,(H,26,27,28)/t15?,19-,21-,22-,23-/m1/s1. The Morgan fingerprint density at radius 1 is 1.05 bits per heavy atom. The van der Waals surface area contributed by atoms with Crippen LogP contribution in [0.3, 0.4) is 0 Å². The first-order valence-electron chi connectivity index (χ1n) is 12.8. The Balaban J connectivity index is 1.09. The van der Waals surface area contributed by atoms with E-state index < -0.39 is 12.1 Å². The first-order valence-corrected chi connectivity index (χ1v) is 13.7. The van der Waals surface area contributed by atoms with Crippen LogP contribution >= 0.6 is 11.8 Å². The van der Waals surface area contributed by atoms with E-state index in [1.165, 1.54) is 18.1 Å². The molecule has 38 heavy (non-hydrogen) atoms. The molecular weight excluding hydrogens is 516 g/mol. The van der Waals surface area contributed by atoms with Crippen molar-refractivity contribution in [3.8, 4) is 17.2 Å². The number of hydrogen-bond donors (Lipinski definition) is 1. The van der Waals surface area contributed by atoms with Crippen molar-refractivity contribution in [1.82, 2.24) is 15.2 Å². The minimum absolute atomic E-state index is 0.199. The second-order valence-corrected chi connectivity index (χ2v) is 10.7. The molecule has 1 aliphatic carbocycles. The molecule has 5 atom stereocenters. The van der Waals surface area contributed by atoms with Crippen LogP contribution in [0.5, 0.6) is 17.2 Å². The van der Waals surface area contributed by atoms with E-state index >= 15 is 0 Å². The van der Waals surface area contributed by atoms with Crippen molar-refractivity contribution in [1.29, 1.82) is 0 Å². The molecule has 1 N–H and O–H groups in total. The fourth-order valence-electron chi connectivity index (χ4n) is 5.46. The highest BCUT2D eigenvalue weighted by Crippen LogP contribution is 2.47. The molecule has 206 valence electrons. The Labute approximate surface area is 224 Å². The molecule has 12 nitrogen and oxygen atoms in total. The first kappa shape index (κ1) is 25.7. The molecule has 6 rings (SSSR count). The van der Waals surface area contributed by atoms with Crippen LogP contribution in [-0.4, -0.2) is 91.1 Å². The van der Waals surface area contributed by atoms with Gasteiger partial charge in [0.25, 0.3) is 0 Å². The third kappa shape index (κ3) is 4.93. The topological polar surface area (TPSA) is 128 Å². The number of rotatable bonds is 10. The minimum Gasteiger partial charge on any atom is -0.493 e. The van der Waals surface area contributed by atoms with Crippen LogP contribution in [0.25, 0.3) is 0 Å². The summed E-state index contributed by atoms with van der Waals surface area (Å²) < 4.78 is 41.9. The molecule has 4 aliphatic rings. The summed E-state index contributed by atoms with van der Waals surface area (Å²) in [6, 6.07) is 3.72. The van der Waals surface area contributed by atoms with Crippen LogP contribution in [-0.2, 0) is 23.8 Å². The van der Waals surface area contributed by atoms with Gasteiger partial charge in [-0.3, -0.25) is 5.10 Å². The number of aromatic nitrogens is 3. The second kappa shape index (κ2) is 10.9. The van der Waals surface area contributed by atoms with Crippen LogP contribution in [0.15, 0.2) is 28.8 Å². The summed E-state index contributed by atoms with van der Waals surface area (Å²) in [7, 11) is 4.74. The molecule has 1 unspecified atom stereocenters. The number of H-pyrrole nitrogens is 1. The van der Waals surface area contributed by atoms with Gasteiger partial charge in [0, 0.05) is 30.6 Å². The lowest BCUT2D eigenvalue weighted by Crippen LogP contribution is -2.35. The van der Waals surface area contributed by atoms with Gasteiger partial charge in [0.2, 0.25) is 5.75 Å². The second-order valence-electron chi connectivity index (χ2n) is 9.64. The maximum absolute atomic E-state index is 6.48. The average molecular weight is 549 g/mol. The summed E-state index contributed by atoms with van der Waals surface area (Å²) in [4.78, 5) is 9.90. The van der Waals surface area contributed by atoms with Crippen molar-refractivity contribution in [2.75, 3.05) is 33.7 Å². The van der Waals surface area contributed by atoms with E-state index in [9.17, 15) is 0 Å². The first-order chi connectivity index (χ1) is 18.6. The van der Waals surface area contributed by atoms with E-state index in [1.807, 2.05) is 12.1 Å². The maximum Gasteiger partial charge on any atom is 0.203 e. The zero-order valence-corrected chi connectivity index (χ0v) is 22.4. The highest BCUT2D eigenvalue weighted by molar-refractivity contribution is 7.99. The Morgan fingerprint density at radius 3 is 2.50 bits per heavy atom. The molecule has 0 radical (unpaired) electrons. The lowest BCUT2D eigenvalue weighted by molar-refractivity contribution is -0.245. The normalized spacial score (nSPS) is 29.3. The summed E-state index contributed by atoms with van der Waals surface area (Å²) in [5.41, 5.74) is 1.61. The van der Waals surface area contributed by atoms with Crippen LogP contribution < -0.4 is 14.2 Å². The smallest absolute Gasteiger partial charge is 0.203 e. The predicted octanol–water partition coefficient (Wildman–Crippen LogP) is 2.91. The Hall–Kier alpha value is -2.58. The van der Waals surface area contributed by atoms with Crippen molar-refractivity contribution in [3.05, 3.63) is 24.0 Å². The summed E-state index contributed by atoms with van der Waals surface area (Å²) in [6.45, 7) is 0.295. The van der Waals surface area contributed by atoms with Gasteiger partial charge in [-0.25, -0.2) is 4.98 Å². The number of nitrogens with zero attached hydrogens (tertiary/aromatic N) is 3. The van der Waals surface area contributed by atoms with Crippen molar-refractivity contribution in [2.24, 2.45) is 5.16 Å². The van der Waals surface area contributed by atoms with Gasteiger partial charge >= 0.3 is 0 Å². The number of benzene rings is 1. The zero-order valence-electron chi connectivity index (χ0n) is 21.6. The molecule has 1 spiro atoms. The molecular formula is C25H32N4O8S. The van der Waals surface area contributed by atoms with Crippen LogP contribution in [0.4, 0.5) is 0 Å². The molecule has 13 heteroatoms. The summed E-state index contributed by atoms with van der Waals surface area (Å²) >= 11 is 1.54. The molecule has 3 fully saturated rings. The van der Waals surface area contributed by atoms with Crippen molar-refractivity contribution in [3.63, 3.8) is 0 Å². The minimum atomic E-state index is -0.561. The van der Waals surface area contributed by atoms with Gasteiger partial charge in [-0.1, -0.05) is 16.9 Å². The Morgan fingerprint density at radius 2 is 1.82 bits per heavy atom. The molecule has 0 bridgehead atoms. The zero-order chi connectivity index (χ0) is 26.1. The van der Waals surface area contributed by atoms with E-state index in [0.29, 0.717) is 36.0 Å². The van der Waals surface area contributed by atoms with Crippen molar-refractivity contribution < 1.29 is 38.0 Å². The Bertz CT molecular complexity index is 1120. The molecule has 2 aromatic rings. The van der Waals surface area contributed by atoms with E-state index in [0.717, 1.165) is 42.1 Å². The molecule has 1 aromatic carbocycles. The highest BCUT2D eigenvalue weighted by atomic mass is 32.2. The van der Waals surface area contributed by atoms with Crippen LogP contribution in [0, 0.1) is 0 Å². The largest absolute Gasteiger partial charge is 0.493 e. The maximum atomic E-state index is 6.48. The van der Waals surface area contributed by atoms with Crippen LogP contribution in [0.1, 0.15) is 37.7 Å². The SMILES string of the molecule is COc1cc(C2=NOC(CO[C@@H]3O[C@H](CSc4ncn[nH]4)[C@H]4OC5(CCCC5)O[C@@H]34)C2)cc(OC)c1OC. The van der Waals surface area contributed by atoms with Gasteiger partial charge in [0.1, 0.15) is 18.5 Å². The summed E-state index contributed by atoms with van der Waals surface area (Å²) in [6.07, 6.45) is 4.51. The highest BCUT2D eigenvalue weighted by Gasteiger charge is 2.59. The van der Waals surface area contributed by atoms with Crippen molar-refractivity contribution in [2.45, 2.75) is 73.8 Å². The number of nitrogens with one attached hydrogen (secondary N) is 1. The molecule has 2 saturated heterocycles. The fourth-order valence-corrected chi connectivity index (χ4v) is 6.29. The lowest BCUT2D eigenvalue weighted by Gasteiger charge is -2.27. The van der Waals surface area contributed by atoms with E-state index in [2.05, 4.69) is 20.3 Å². The number of hydrogen-bond acceptors (Lipinski definition) is 12. The van der Waals surface area contributed by atoms with Gasteiger partial charge in [0.05, 0.1) is 39.8 Å². The molecule has 0 amide bonds. The number of methoxy groups -OCH3 is 3. The number of fused-ring (bicyclic) bond motifs is 1. The Kier molecular flexibility index (Phi) is 7.36. The van der Waals surface area contributed by atoms with Gasteiger partial charge in [0.15, 0.2) is 34.8 Å². The van der Waals surface area contributed by atoms with Crippen LogP contribution in [0.2, 0.25) is 0 Å². The average Bonchev–Trinajstić information content (AvgIpc) is 3.77. The monoisotopic (exact) mass is 548 g/mol. The van der Waals surface area contributed by atoms with E-state index in [4.69, 9.17) is 38.0 Å². The lowest BCUT2D eigenvalue weighted by atomic mass is 10.0. The fraction of sp³-hybridized carbons (Fsp3) is 0.640. The summed E-state index contributed by atoms with van der Waals surface area (Å²) in [5, 5.41) is 11.8. The summed E-state index contributed by atoms with van der Waals surface area (Å²) in [5.74, 6) is 1.76. The number of oxime groups is 1. The number of ether oxygens (including phenoxy) is 7. The molecule has 3 aliphatic heterocycles. The number of aromatic amines is 1. The predicted molar refractivity (Wildman–Crippen MR) is 135 cm³/mol. The molecule has 1 saturated carbocycles. The van der Waals surface area contributed by atoms with E-state index in [-0.39, 0.29) is 24.4 Å². The van der Waals surface area contributed by atoms with Crippen molar-refractivity contribution >= 4 is 17.5 Å². The third-order valence-corrected chi connectivity index (χ3v) is 8.25. The van der Waals surface area contributed by atoms with Gasteiger partial charge in [-0.05, 0) is 25.0 Å². The number of thioether (sulfide) groups is 1. The van der Waals surface area contributed by atoms with Gasteiger partial charge in [-0.2, -0.15) is 5.10 Å². The molecule has 1 aromatic heterocycles. The quantitative estimate of drug-likeness (QED) is 0.440. The van der Waals surface area contributed by atoms with Gasteiger partial charge < -0.3 is 38.0 Å². The van der Waals surface area contributed by atoms with Gasteiger partial charge in [-0.15, -0.1) is 0 Å². The third-order valence-electron chi connectivity index (χ3n) is 7.29.